The molecule has 0 bridgehead atoms. The Morgan fingerprint density at radius 3 is 1.14 bits per heavy atom. The summed E-state index contributed by atoms with van der Waals surface area (Å²) in [7, 11) is 0. The van der Waals surface area contributed by atoms with Crippen molar-refractivity contribution in [3.05, 3.63) is 0 Å². The van der Waals surface area contributed by atoms with E-state index >= 15 is 0 Å². The average molecular weight is 313 g/mol. The van der Waals surface area contributed by atoms with Gasteiger partial charge in [0.1, 0.15) is 0 Å². The Morgan fingerprint density at radius 2 is 0.818 bits per heavy atom. The summed E-state index contributed by atoms with van der Waals surface area (Å²) in [4.78, 5) is 0. The van der Waals surface area contributed by atoms with Gasteiger partial charge in [0, 0.05) is 6.61 Å². The van der Waals surface area contributed by atoms with Crippen molar-refractivity contribution in [2.45, 2.75) is 123 Å². The molecule has 0 aromatic rings. The first kappa shape index (κ1) is 22.0. The van der Waals surface area contributed by atoms with Crippen molar-refractivity contribution in [1.82, 2.24) is 0 Å². The molecule has 0 aromatic carbocycles. The van der Waals surface area contributed by atoms with Crippen LogP contribution in [0.15, 0.2) is 0 Å². The van der Waals surface area contributed by atoms with Gasteiger partial charge in [0.05, 0.1) is 0 Å². The van der Waals surface area contributed by atoms with E-state index < -0.39 is 0 Å². The van der Waals surface area contributed by atoms with Crippen molar-refractivity contribution in [1.29, 1.82) is 0 Å². The first-order valence-electron chi connectivity index (χ1n) is 10.5. The van der Waals surface area contributed by atoms with E-state index in [2.05, 4.69) is 13.8 Å². The molecular formula is C21H44O. The van der Waals surface area contributed by atoms with Crippen LogP contribution >= 0.6 is 0 Å². The lowest BCUT2D eigenvalue weighted by Crippen LogP contribution is -2.06. The molecule has 0 spiro atoms. The first-order chi connectivity index (χ1) is 10.8. The van der Waals surface area contributed by atoms with Crippen molar-refractivity contribution in [3.63, 3.8) is 0 Å². The Hall–Kier alpha value is -0.0400. The van der Waals surface area contributed by atoms with Gasteiger partial charge in [-0.25, -0.2) is 0 Å². The molecule has 22 heavy (non-hydrogen) atoms. The van der Waals surface area contributed by atoms with E-state index in [9.17, 15) is 5.11 Å². The van der Waals surface area contributed by atoms with Crippen molar-refractivity contribution >= 4 is 0 Å². The third-order valence-electron chi connectivity index (χ3n) is 4.94. The number of aliphatic hydroxyl groups is 1. The summed E-state index contributed by atoms with van der Waals surface area (Å²) >= 11 is 0. The van der Waals surface area contributed by atoms with Crippen molar-refractivity contribution in [3.8, 4) is 0 Å². The Labute approximate surface area is 141 Å². The number of hydrogen-bond acceptors (Lipinski definition) is 1. The smallest absolute Gasteiger partial charge is 0.0459 e. The molecule has 0 saturated heterocycles. The summed E-state index contributed by atoms with van der Waals surface area (Å²) in [6, 6.07) is 0. The molecular weight excluding hydrogens is 268 g/mol. The molecule has 0 heterocycles. The quantitative estimate of drug-likeness (QED) is 0.264. The van der Waals surface area contributed by atoms with Gasteiger partial charge in [0.15, 0.2) is 0 Å². The van der Waals surface area contributed by atoms with Gasteiger partial charge in [-0.1, -0.05) is 110 Å². The van der Waals surface area contributed by atoms with Gasteiger partial charge in [0.25, 0.3) is 0 Å². The molecule has 1 N–H and O–H groups in total. The van der Waals surface area contributed by atoms with Gasteiger partial charge < -0.3 is 5.11 Å². The second kappa shape index (κ2) is 19.0. The predicted octanol–water partition coefficient (Wildman–Crippen LogP) is 7.27. The van der Waals surface area contributed by atoms with E-state index in [1.165, 1.54) is 109 Å². The SMILES string of the molecule is CCCCCCCCCCCC(CO)CCCCCCCC. The van der Waals surface area contributed by atoms with Crippen molar-refractivity contribution in [2.75, 3.05) is 6.61 Å². The minimum atomic E-state index is 0.409. The molecule has 1 nitrogen and oxygen atoms in total. The summed E-state index contributed by atoms with van der Waals surface area (Å²) in [5, 5.41) is 9.49. The molecule has 1 atom stereocenters. The van der Waals surface area contributed by atoms with Gasteiger partial charge in [-0.15, -0.1) is 0 Å². The summed E-state index contributed by atoms with van der Waals surface area (Å²) in [5.41, 5.74) is 0. The van der Waals surface area contributed by atoms with Crippen LogP contribution in [0.3, 0.4) is 0 Å². The standard InChI is InChI=1S/C21H44O/c1-3-5-7-9-11-12-13-15-17-19-21(20-22)18-16-14-10-8-6-4-2/h21-22H,3-20H2,1-2H3. The zero-order valence-corrected chi connectivity index (χ0v) is 15.8. The van der Waals surface area contributed by atoms with Crippen LogP contribution in [0.5, 0.6) is 0 Å². The maximum atomic E-state index is 9.49. The average Bonchev–Trinajstić information content (AvgIpc) is 2.54. The molecule has 0 aliphatic rings. The third-order valence-corrected chi connectivity index (χ3v) is 4.94. The molecule has 0 saturated carbocycles. The largest absolute Gasteiger partial charge is 0.396 e. The van der Waals surface area contributed by atoms with Crippen LogP contribution in [0.4, 0.5) is 0 Å². The maximum Gasteiger partial charge on any atom is 0.0459 e. The number of aliphatic hydroxyl groups excluding tert-OH is 1. The first-order valence-corrected chi connectivity index (χ1v) is 10.5. The molecule has 0 aromatic heterocycles. The van der Waals surface area contributed by atoms with Crippen LogP contribution in [0.1, 0.15) is 123 Å². The molecule has 0 aliphatic heterocycles. The van der Waals surface area contributed by atoms with Gasteiger partial charge >= 0.3 is 0 Å². The Balaban J connectivity index is 3.28. The van der Waals surface area contributed by atoms with Crippen LogP contribution in [0.25, 0.3) is 0 Å². The van der Waals surface area contributed by atoms with Crippen LogP contribution in [0, 0.1) is 5.92 Å². The molecule has 0 fully saturated rings. The van der Waals surface area contributed by atoms with E-state index in [0.29, 0.717) is 12.5 Å². The predicted molar refractivity (Wildman–Crippen MR) is 100 cm³/mol. The van der Waals surface area contributed by atoms with Crippen LogP contribution in [0.2, 0.25) is 0 Å². The third kappa shape index (κ3) is 16.3. The molecule has 0 radical (unpaired) electrons. The minimum Gasteiger partial charge on any atom is -0.396 e. The van der Waals surface area contributed by atoms with Crippen LogP contribution in [-0.4, -0.2) is 11.7 Å². The fourth-order valence-corrected chi connectivity index (χ4v) is 3.28. The van der Waals surface area contributed by atoms with E-state index in [1.54, 1.807) is 0 Å². The summed E-state index contributed by atoms with van der Waals surface area (Å²) in [6.45, 7) is 4.96. The zero-order chi connectivity index (χ0) is 16.3. The van der Waals surface area contributed by atoms with Gasteiger partial charge in [-0.2, -0.15) is 0 Å². The Morgan fingerprint density at radius 1 is 0.500 bits per heavy atom. The molecule has 0 aliphatic carbocycles. The topological polar surface area (TPSA) is 20.2 Å². The van der Waals surface area contributed by atoms with Gasteiger partial charge in [-0.05, 0) is 18.8 Å². The molecule has 0 rings (SSSR count). The maximum absolute atomic E-state index is 9.49. The lowest BCUT2D eigenvalue weighted by molar-refractivity contribution is 0.204. The van der Waals surface area contributed by atoms with E-state index in [1.807, 2.05) is 0 Å². The highest BCUT2D eigenvalue weighted by Crippen LogP contribution is 2.19. The van der Waals surface area contributed by atoms with E-state index in [-0.39, 0.29) is 0 Å². The van der Waals surface area contributed by atoms with Gasteiger partial charge in [-0.3, -0.25) is 0 Å². The minimum absolute atomic E-state index is 0.409. The van der Waals surface area contributed by atoms with Crippen LogP contribution in [-0.2, 0) is 0 Å². The van der Waals surface area contributed by atoms with Crippen molar-refractivity contribution < 1.29 is 5.11 Å². The lowest BCUT2D eigenvalue weighted by Gasteiger charge is -2.13. The highest BCUT2D eigenvalue weighted by molar-refractivity contribution is 4.59. The van der Waals surface area contributed by atoms with Gasteiger partial charge in [0.2, 0.25) is 0 Å². The number of rotatable bonds is 18. The number of unbranched alkanes of at least 4 members (excludes halogenated alkanes) is 13. The molecule has 134 valence electrons. The lowest BCUT2D eigenvalue weighted by atomic mass is 9.95. The summed E-state index contributed by atoms with van der Waals surface area (Å²) in [5.74, 6) is 0.579. The monoisotopic (exact) mass is 312 g/mol. The van der Waals surface area contributed by atoms with Crippen molar-refractivity contribution in [2.24, 2.45) is 5.92 Å². The highest BCUT2D eigenvalue weighted by Gasteiger charge is 2.06. The fourth-order valence-electron chi connectivity index (χ4n) is 3.28. The Bertz CT molecular complexity index is 190. The molecule has 0 amide bonds. The normalized spacial score (nSPS) is 12.7. The molecule has 1 heteroatoms. The second-order valence-electron chi connectivity index (χ2n) is 7.22. The van der Waals surface area contributed by atoms with Crippen LogP contribution < -0.4 is 0 Å². The second-order valence-corrected chi connectivity index (χ2v) is 7.22. The zero-order valence-electron chi connectivity index (χ0n) is 15.8. The fraction of sp³-hybridized carbons (Fsp3) is 1.00. The Kier molecular flexibility index (Phi) is 19.0. The van der Waals surface area contributed by atoms with E-state index in [0.717, 1.165) is 0 Å². The highest BCUT2D eigenvalue weighted by atomic mass is 16.3. The number of hydrogen-bond donors (Lipinski definition) is 1. The molecule has 1 unspecified atom stereocenters. The summed E-state index contributed by atoms with van der Waals surface area (Å²) < 4.78 is 0. The summed E-state index contributed by atoms with van der Waals surface area (Å²) in [6.07, 6.45) is 23.3. The van der Waals surface area contributed by atoms with E-state index in [4.69, 9.17) is 0 Å².